The van der Waals surface area contributed by atoms with Gasteiger partial charge < -0.3 is 0 Å². The topological polar surface area (TPSA) is 38.7 Å². The number of nitrogens with zero attached hydrogens (tertiary/aromatic N) is 3. The van der Waals surface area contributed by atoms with Gasteiger partial charge in [-0.05, 0) is 84.4 Å². The zero-order chi connectivity index (χ0) is 36.8. The normalized spacial score (nSPS) is 14.9. The number of hydrogen-bond acceptors (Lipinski definition) is 4. The number of thiophene rings is 1. The monoisotopic (exact) mass is 729 g/mol. The highest BCUT2D eigenvalue weighted by Gasteiger charge is 2.53. The second-order valence-electron chi connectivity index (χ2n) is 14.7. The molecule has 0 bridgehead atoms. The van der Waals surface area contributed by atoms with Gasteiger partial charge in [0, 0.05) is 26.3 Å². The van der Waals surface area contributed by atoms with Gasteiger partial charge in [-0.3, -0.25) is 0 Å². The van der Waals surface area contributed by atoms with E-state index in [-0.39, 0.29) is 0 Å². The molecule has 2 heterocycles. The molecule has 4 heteroatoms. The largest absolute Gasteiger partial charge is 0.208 e. The van der Waals surface area contributed by atoms with E-state index in [0.29, 0.717) is 17.5 Å². The van der Waals surface area contributed by atoms with Crippen LogP contribution >= 0.6 is 11.3 Å². The van der Waals surface area contributed by atoms with Gasteiger partial charge in [-0.25, -0.2) is 15.0 Å². The summed E-state index contributed by atoms with van der Waals surface area (Å²) in [7, 11) is 0. The Bertz CT molecular complexity index is 3220. The molecule has 2 aromatic heterocycles. The number of fused-ring (bicyclic) bond motifs is 13. The third kappa shape index (κ3) is 4.42. The Balaban J connectivity index is 1.09. The maximum atomic E-state index is 5.23. The molecule has 0 aliphatic heterocycles. The summed E-state index contributed by atoms with van der Waals surface area (Å²) in [5, 5.41) is 3.66. The van der Waals surface area contributed by atoms with Crippen molar-refractivity contribution in [3.63, 3.8) is 0 Å². The summed E-state index contributed by atoms with van der Waals surface area (Å²) in [6.45, 7) is 0. The third-order valence-corrected chi connectivity index (χ3v) is 12.9. The van der Waals surface area contributed by atoms with Gasteiger partial charge in [0.25, 0.3) is 0 Å². The summed E-state index contributed by atoms with van der Waals surface area (Å²) in [4.78, 5) is 16.9. The molecule has 0 amide bonds. The van der Waals surface area contributed by atoms with Crippen LogP contribution in [-0.4, -0.2) is 15.0 Å². The Labute approximate surface area is 328 Å². The molecule has 260 valence electrons. The molecule has 0 fully saturated rings. The molecule has 2 aliphatic carbocycles. The van der Waals surface area contributed by atoms with Crippen molar-refractivity contribution in [2.24, 2.45) is 0 Å². The van der Waals surface area contributed by atoms with Crippen molar-refractivity contribution in [3.8, 4) is 66.9 Å². The molecular formula is C52H31N3S. The van der Waals surface area contributed by atoms with Crippen LogP contribution in [0.25, 0.3) is 87.7 Å². The Morgan fingerprint density at radius 3 is 1.79 bits per heavy atom. The first-order valence-corrected chi connectivity index (χ1v) is 19.8. The standard InChI is InChI=1S/C52H31N3S/c1-2-15-33(16-3-1)49-53-50(36-27-26-32-14-4-5-17-34(32)30-36)55-51(54-49)40-20-7-6-18-37(40)35-28-29-39-38-19-8-11-23-43(38)52(45(39)31-35)44-24-12-9-21-41(44)48-47(52)42-22-10-13-25-46(42)56-48/h1-31H/t52-/m1/s1. The Hall–Kier alpha value is -7.01. The summed E-state index contributed by atoms with van der Waals surface area (Å²) in [5.41, 5.74) is 14.0. The van der Waals surface area contributed by atoms with Crippen LogP contribution in [0.4, 0.5) is 0 Å². The molecule has 2 aliphatic rings. The van der Waals surface area contributed by atoms with Gasteiger partial charge in [-0.15, -0.1) is 11.3 Å². The van der Waals surface area contributed by atoms with Gasteiger partial charge in [0.05, 0.1) is 5.41 Å². The molecule has 0 N–H and O–H groups in total. The van der Waals surface area contributed by atoms with Crippen LogP contribution in [0.3, 0.4) is 0 Å². The van der Waals surface area contributed by atoms with E-state index in [1.165, 1.54) is 59.3 Å². The Morgan fingerprint density at radius 1 is 0.357 bits per heavy atom. The van der Waals surface area contributed by atoms with Gasteiger partial charge in [0.1, 0.15) is 0 Å². The van der Waals surface area contributed by atoms with E-state index in [4.69, 9.17) is 15.0 Å². The summed E-state index contributed by atoms with van der Waals surface area (Å²) in [6, 6.07) is 67.7. The first-order valence-electron chi connectivity index (χ1n) is 19.0. The first kappa shape index (κ1) is 31.4. The minimum absolute atomic E-state index is 0.445. The van der Waals surface area contributed by atoms with Crippen molar-refractivity contribution in [1.29, 1.82) is 0 Å². The molecular weight excluding hydrogens is 699 g/mol. The van der Waals surface area contributed by atoms with Crippen LogP contribution in [-0.2, 0) is 5.41 Å². The SMILES string of the molecule is c1ccc(-c2nc(-c3ccc4ccccc4c3)nc(-c3ccccc3-c3ccc4c(c3)[C@@]3(c5ccccc5-4)c4ccccc4-c4sc5ccccc5c43)n2)cc1. The molecule has 12 rings (SSSR count). The number of aromatic nitrogens is 3. The number of hydrogen-bond donors (Lipinski definition) is 0. The fourth-order valence-electron chi connectivity index (χ4n) is 9.36. The van der Waals surface area contributed by atoms with E-state index in [2.05, 4.69) is 170 Å². The second kappa shape index (κ2) is 12.0. The van der Waals surface area contributed by atoms with E-state index in [1.807, 2.05) is 29.5 Å². The van der Waals surface area contributed by atoms with Crippen molar-refractivity contribution in [3.05, 3.63) is 210 Å². The van der Waals surface area contributed by atoms with Crippen LogP contribution in [0, 0.1) is 0 Å². The average Bonchev–Trinajstić information content (AvgIpc) is 3.90. The highest BCUT2D eigenvalue weighted by atomic mass is 32.1. The van der Waals surface area contributed by atoms with Crippen molar-refractivity contribution in [2.75, 3.05) is 0 Å². The van der Waals surface area contributed by atoms with Crippen molar-refractivity contribution >= 4 is 32.2 Å². The Morgan fingerprint density at radius 2 is 0.946 bits per heavy atom. The predicted octanol–water partition coefficient (Wildman–Crippen LogP) is 13.3. The van der Waals surface area contributed by atoms with Crippen LogP contribution in [0.2, 0.25) is 0 Å². The van der Waals surface area contributed by atoms with Crippen molar-refractivity contribution in [2.45, 2.75) is 5.41 Å². The van der Waals surface area contributed by atoms with Crippen LogP contribution in [0.15, 0.2) is 188 Å². The summed E-state index contributed by atoms with van der Waals surface area (Å²) in [5.74, 6) is 1.95. The van der Waals surface area contributed by atoms with Crippen LogP contribution in [0.5, 0.6) is 0 Å². The minimum Gasteiger partial charge on any atom is -0.208 e. The summed E-state index contributed by atoms with van der Waals surface area (Å²) < 4.78 is 1.32. The number of benzene rings is 8. The van der Waals surface area contributed by atoms with E-state index < -0.39 is 5.41 Å². The zero-order valence-electron chi connectivity index (χ0n) is 30.1. The lowest BCUT2D eigenvalue weighted by Crippen LogP contribution is -2.25. The quantitative estimate of drug-likeness (QED) is 0.181. The lowest BCUT2D eigenvalue weighted by Gasteiger charge is -2.30. The van der Waals surface area contributed by atoms with Gasteiger partial charge in [-0.1, -0.05) is 170 Å². The van der Waals surface area contributed by atoms with E-state index in [9.17, 15) is 0 Å². The molecule has 10 aromatic rings. The van der Waals surface area contributed by atoms with Crippen LogP contribution < -0.4 is 0 Å². The summed E-state index contributed by atoms with van der Waals surface area (Å²) in [6.07, 6.45) is 0. The third-order valence-electron chi connectivity index (χ3n) is 11.7. The van der Waals surface area contributed by atoms with Gasteiger partial charge >= 0.3 is 0 Å². The molecule has 8 aromatic carbocycles. The summed E-state index contributed by atoms with van der Waals surface area (Å²) >= 11 is 1.92. The fourth-order valence-corrected chi connectivity index (χ4v) is 10.7. The predicted molar refractivity (Wildman–Crippen MR) is 231 cm³/mol. The van der Waals surface area contributed by atoms with E-state index >= 15 is 0 Å². The zero-order valence-corrected chi connectivity index (χ0v) is 31.0. The van der Waals surface area contributed by atoms with Crippen molar-refractivity contribution in [1.82, 2.24) is 15.0 Å². The number of rotatable bonds is 4. The minimum atomic E-state index is -0.445. The molecule has 0 saturated carbocycles. The van der Waals surface area contributed by atoms with Crippen LogP contribution in [0.1, 0.15) is 22.3 Å². The van der Waals surface area contributed by atoms with Gasteiger partial charge in [-0.2, -0.15) is 0 Å². The smallest absolute Gasteiger partial charge is 0.164 e. The molecule has 1 atom stereocenters. The maximum absolute atomic E-state index is 5.23. The molecule has 1 spiro atoms. The average molecular weight is 730 g/mol. The molecule has 56 heavy (non-hydrogen) atoms. The second-order valence-corrected chi connectivity index (χ2v) is 15.7. The lowest BCUT2D eigenvalue weighted by atomic mass is 9.70. The van der Waals surface area contributed by atoms with E-state index in [1.54, 1.807) is 0 Å². The fraction of sp³-hybridized carbons (Fsp3) is 0.0192. The Kier molecular flexibility index (Phi) is 6.72. The first-order chi connectivity index (χ1) is 27.8. The maximum Gasteiger partial charge on any atom is 0.164 e. The molecule has 0 saturated heterocycles. The van der Waals surface area contributed by atoms with Gasteiger partial charge in [0.15, 0.2) is 17.5 Å². The molecule has 3 nitrogen and oxygen atoms in total. The van der Waals surface area contributed by atoms with Gasteiger partial charge in [0.2, 0.25) is 0 Å². The van der Waals surface area contributed by atoms with E-state index in [0.717, 1.165) is 33.2 Å². The highest BCUT2D eigenvalue weighted by Crippen LogP contribution is 2.66. The molecule has 0 unspecified atom stereocenters. The lowest BCUT2D eigenvalue weighted by molar-refractivity contribution is 0.803. The molecule has 0 radical (unpaired) electrons. The highest BCUT2D eigenvalue weighted by molar-refractivity contribution is 7.22. The van der Waals surface area contributed by atoms with Crippen molar-refractivity contribution < 1.29 is 0 Å².